The van der Waals surface area contributed by atoms with E-state index in [1.165, 1.54) is 5.56 Å². The van der Waals surface area contributed by atoms with Crippen LogP contribution in [0.4, 0.5) is 0 Å². The Morgan fingerprint density at radius 2 is 1.72 bits per heavy atom. The minimum atomic E-state index is 0. The largest absolute Gasteiger partial charge is 0.488 e. The predicted octanol–water partition coefficient (Wildman–Crippen LogP) is 3.75. The lowest BCUT2D eigenvalue weighted by Gasteiger charge is -2.09. The molecule has 2 nitrogen and oxygen atoms in total. The van der Waals surface area contributed by atoms with Crippen LogP contribution in [0.15, 0.2) is 48.5 Å². The summed E-state index contributed by atoms with van der Waals surface area (Å²) in [6, 6.07) is 16.2. The predicted molar refractivity (Wildman–Crippen MR) is 85.1 cm³/mol. The Balaban J connectivity index is 0.00000162. The quantitative estimate of drug-likeness (QED) is 0.826. The zero-order valence-corrected chi connectivity index (χ0v) is 12.8. The zero-order chi connectivity index (χ0) is 12.1. The van der Waals surface area contributed by atoms with Crippen LogP contribution in [0, 0.1) is 3.57 Å². The molecule has 2 rings (SSSR count). The van der Waals surface area contributed by atoms with E-state index >= 15 is 0 Å². The van der Waals surface area contributed by atoms with Gasteiger partial charge in [-0.3, -0.25) is 0 Å². The first-order valence-corrected chi connectivity index (χ1v) is 6.52. The first kappa shape index (κ1) is 15.3. The number of nitrogens with two attached hydrogens (primary N) is 1. The number of rotatable bonds is 4. The lowest BCUT2D eigenvalue weighted by atomic mass is 10.2. The molecular formula is C14H15ClINO. The minimum Gasteiger partial charge on any atom is -0.488 e. The van der Waals surface area contributed by atoms with Gasteiger partial charge in [-0.1, -0.05) is 36.4 Å². The molecule has 0 atom stereocenters. The van der Waals surface area contributed by atoms with Crippen molar-refractivity contribution in [3.05, 3.63) is 63.2 Å². The molecule has 2 aromatic carbocycles. The van der Waals surface area contributed by atoms with Crippen molar-refractivity contribution >= 4 is 35.0 Å². The fraction of sp³-hybridized carbons (Fsp3) is 0.143. The number of ether oxygens (including phenoxy) is 1. The van der Waals surface area contributed by atoms with Gasteiger partial charge in [0.25, 0.3) is 0 Å². The van der Waals surface area contributed by atoms with Gasteiger partial charge in [-0.25, -0.2) is 0 Å². The van der Waals surface area contributed by atoms with Crippen LogP contribution >= 0.6 is 35.0 Å². The maximum Gasteiger partial charge on any atom is 0.133 e. The Morgan fingerprint density at radius 3 is 2.33 bits per heavy atom. The first-order valence-electron chi connectivity index (χ1n) is 5.45. The van der Waals surface area contributed by atoms with Gasteiger partial charge in [0.05, 0.1) is 3.57 Å². The molecule has 0 aliphatic rings. The van der Waals surface area contributed by atoms with Crippen molar-refractivity contribution in [3.8, 4) is 5.75 Å². The Kier molecular flexibility index (Phi) is 6.46. The molecule has 0 saturated carbocycles. The van der Waals surface area contributed by atoms with Gasteiger partial charge in [0.1, 0.15) is 12.4 Å². The van der Waals surface area contributed by atoms with Gasteiger partial charge in [-0.15, -0.1) is 12.4 Å². The molecule has 0 fully saturated rings. The molecule has 0 aliphatic heterocycles. The summed E-state index contributed by atoms with van der Waals surface area (Å²) in [5.74, 6) is 0.909. The molecule has 0 heterocycles. The molecule has 0 saturated heterocycles. The summed E-state index contributed by atoms with van der Waals surface area (Å²) in [5, 5.41) is 0. The van der Waals surface area contributed by atoms with Crippen molar-refractivity contribution in [1.82, 2.24) is 0 Å². The summed E-state index contributed by atoms with van der Waals surface area (Å²) in [6.07, 6.45) is 0. The van der Waals surface area contributed by atoms with E-state index in [0.717, 1.165) is 14.9 Å². The van der Waals surface area contributed by atoms with Crippen LogP contribution in [0.5, 0.6) is 5.75 Å². The van der Waals surface area contributed by atoms with Crippen LogP contribution in [0.1, 0.15) is 11.1 Å². The van der Waals surface area contributed by atoms with E-state index in [1.54, 1.807) is 0 Å². The van der Waals surface area contributed by atoms with Crippen LogP contribution in [0.2, 0.25) is 0 Å². The summed E-state index contributed by atoms with van der Waals surface area (Å²) in [6.45, 7) is 1.16. The third-order valence-electron chi connectivity index (χ3n) is 2.47. The average Bonchev–Trinajstić information content (AvgIpc) is 2.38. The number of benzene rings is 2. The molecule has 0 aliphatic carbocycles. The van der Waals surface area contributed by atoms with Gasteiger partial charge in [0.15, 0.2) is 0 Å². The van der Waals surface area contributed by atoms with Gasteiger partial charge in [-0.2, -0.15) is 0 Å². The highest BCUT2D eigenvalue weighted by Crippen LogP contribution is 2.22. The van der Waals surface area contributed by atoms with E-state index in [9.17, 15) is 0 Å². The Morgan fingerprint density at radius 1 is 1.00 bits per heavy atom. The third-order valence-corrected chi connectivity index (χ3v) is 3.31. The van der Waals surface area contributed by atoms with Gasteiger partial charge < -0.3 is 10.5 Å². The number of halogens is 2. The van der Waals surface area contributed by atoms with E-state index in [1.807, 2.05) is 30.3 Å². The van der Waals surface area contributed by atoms with Gasteiger partial charge in [0.2, 0.25) is 0 Å². The van der Waals surface area contributed by atoms with E-state index in [2.05, 4.69) is 40.8 Å². The van der Waals surface area contributed by atoms with E-state index in [4.69, 9.17) is 10.5 Å². The van der Waals surface area contributed by atoms with E-state index in [-0.39, 0.29) is 12.4 Å². The molecule has 0 radical (unpaired) electrons. The topological polar surface area (TPSA) is 35.2 Å². The highest BCUT2D eigenvalue weighted by atomic mass is 127. The maximum atomic E-state index is 5.77. The van der Waals surface area contributed by atoms with Crippen molar-refractivity contribution in [2.24, 2.45) is 5.73 Å². The van der Waals surface area contributed by atoms with Crippen LogP contribution in [0.25, 0.3) is 0 Å². The minimum absolute atomic E-state index is 0. The van der Waals surface area contributed by atoms with E-state index < -0.39 is 0 Å². The normalized spacial score (nSPS) is 9.67. The first-order chi connectivity index (χ1) is 8.29. The monoisotopic (exact) mass is 375 g/mol. The van der Waals surface area contributed by atoms with Gasteiger partial charge in [0, 0.05) is 6.54 Å². The third kappa shape index (κ3) is 4.15. The fourth-order valence-corrected chi connectivity index (χ4v) is 2.26. The number of hydrogen-bond donors (Lipinski definition) is 1. The van der Waals surface area contributed by atoms with Crippen molar-refractivity contribution in [2.75, 3.05) is 0 Å². The standard InChI is InChI=1S/C14H14INO.ClH/c15-13-8-12(9-16)6-7-14(13)17-10-11-4-2-1-3-5-11;/h1-8H,9-10,16H2;1H. The maximum absolute atomic E-state index is 5.77. The molecule has 0 bridgehead atoms. The molecule has 18 heavy (non-hydrogen) atoms. The SMILES string of the molecule is Cl.NCc1ccc(OCc2ccccc2)c(I)c1. The highest BCUT2D eigenvalue weighted by molar-refractivity contribution is 14.1. The van der Waals surface area contributed by atoms with Crippen LogP contribution < -0.4 is 10.5 Å². The Hall–Kier alpha value is -0.780. The smallest absolute Gasteiger partial charge is 0.133 e. The van der Waals surface area contributed by atoms with Gasteiger partial charge >= 0.3 is 0 Å². The molecule has 2 aromatic rings. The van der Waals surface area contributed by atoms with Crippen molar-refractivity contribution in [3.63, 3.8) is 0 Å². The molecule has 0 aromatic heterocycles. The second-order valence-electron chi connectivity index (χ2n) is 3.74. The molecule has 0 amide bonds. The fourth-order valence-electron chi connectivity index (χ4n) is 1.52. The summed E-state index contributed by atoms with van der Waals surface area (Å²) in [4.78, 5) is 0. The molecule has 0 unspecified atom stereocenters. The van der Waals surface area contributed by atoms with Crippen molar-refractivity contribution in [1.29, 1.82) is 0 Å². The second-order valence-corrected chi connectivity index (χ2v) is 4.91. The molecule has 2 N–H and O–H groups in total. The van der Waals surface area contributed by atoms with Crippen LogP contribution in [-0.4, -0.2) is 0 Å². The van der Waals surface area contributed by atoms with Crippen molar-refractivity contribution in [2.45, 2.75) is 13.2 Å². The molecular weight excluding hydrogens is 361 g/mol. The summed E-state index contributed by atoms with van der Waals surface area (Å²) >= 11 is 2.27. The second kappa shape index (κ2) is 7.61. The van der Waals surface area contributed by atoms with Gasteiger partial charge in [-0.05, 0) is 45.9 Å². The highest BCUT2D eigenvalue weighted by Gasteiger charge is 2.02. The summed E-state index contributed by atoms with van der Waals surface area (Å²) in [7, 11) is 0. The van der Waals surface area contributed by atoms with Crippen molar-refractivity contribution < 1.29 is 4.74 Å². The van der Waals surface area contributed by atoms with Crippen LogP contribution in [0.3, 0.4) is 0 Å². The Labute approximate surface area is 127 Å². The molecule has 4 heteroatoms. The number of hydrogen-bond acceptors (Lipinski definition) is 2. The lowest BCUT2D eigenvalue weighted by Crippen LogP contribution is -2.00. The molecule has 0 spiro atoms. The summed E-state index contributed by atoms with van der Waals surface area (Å²) in [5.41, 5.74) is 7.89. The Bertz CT molecular complexity index is 490. The summed E-state index contributed by atoms with van der Waals surface area (Å²) < 4.78 is 6.87. The van der Waals surface area contributed by atoms with Crippen LogP contribution in [-0.2, 0) is 13.2 Å². The van der Waals surface area contributed by atoms with E-state index in [0.29, 0.717) is 13.2 Å². The zero-order valence-electron chi connectivity index (χ0n) is 9.80. The average molecular weight is 376 g/mol. The lowest BCUT2D eigenvalue weighted by molar-refractivity contribution is 0.304. The molecule has 96 valence electrons.